The highest BCUT2D eigenvalue weighted by atomic mass is 16.5. The minimum Gasteiger partial charge on any atom is -0.491 e. The zero-order valence-electron chi connectivity index (χ0n) is 22.8. The van der Waals surface area contributed by atoms with E-state index in [2.05, 4.69) is 42.6 Å². The SMILES string of the molecule is Cc1ccc(OCCN(CCCCc2ccc3c(n2)NCCC3)CCC(Nc2nccnc2C#N)C(=O)O)cn1. The Balaban J connectivity index is 1.32. The van der Waals surface area contributed by atoms with E-state index in [1.165, 1.54) is 18.0 Å². The molecule has 3 aromatic heterocycles. The van der Waals surface area contributed by atoms with Crippen molar-refractivity contribution in [3.8, 4) is 11.8 Å². The van der Waals surface area contributed by atoms with E-state index < -0.39 is 12.0 Å². The Kier molecular flexibility index (Phi) is 10.6. The van der Waals surface area contributed by atoms with Crippen LogP contribution < -0.4 is 15.4 Å². The zero-order valence-corrected chi connectivity index (χ0v) is 22.8. The second-order valence-corrected chi connectivity index (χ2v) is 9.81. The number of nitriles is 1. The molecule has 0 amide bonds. The summed E-state index contributed by atoms with van der Waals surface area (Å²) in [4.78, 5) is 31.3. The van der Waals surface area contributed by atoms with E-state index in [1.54, 1.807) is 6.20 Å². The maximum absolute atomic E-state index is 12.0. The highest BCUT2D eigenvalue weighted by Gasteiger charge is 2.21. The molecule has 3 aromatic rings. The zero-order chi connectivity index (χ0) is 28.2. The Morgan fingerprint density at radius 1 is 1.18 bits per heavy atom. The molecule has 210 valence electrons. The summed E-state index contributed by atoms with van der Waals surface area (Å²) in [5, 5.41) is 25.4. The second kappa shape index (κ2) is 14.7. The first kappa shape index (κ1) is 28.7. The molecule has 0 spiro atoms. The van der Waals surface area contributed by atoms with Gasteiger partial charge in [-0.2, -0.15) is 5.26 Å². The summed E-state index contributed by atoms with van der Waals surface area (Å²) in [7, 11) is 0. The standard InChI is InChI=1S/C29H36N8O3/c1-21-7-10-24(20-34-21)40-18-17-37(15-3-2-6-23-9-8-22-5-4-12-32-27(22)35-23)16-11-25(29(38)39)36-28-26(19-30)31-13-14-33-28/h7-10,13-14,20,25H,2-6,11-12,15-18H2,1H3,(H,32,35)(H,33,36)(H,38,39). The van der Waals surface area contributed by atoms with Crippen LogP contribution in [0.2, 0.25) is 0 Å². The number of fused-ring (bicyclic) bond motifs is 1. The molecular weight excluding hydrogens is 508 g/mol. The summed E-state index contributed by atoms with van der Waals surface area (Å²) in [6, 6.07) is 9.13. The van der Waals surface area contributed by atoms with E-state index in [9.17, 15) is 15.2 Å². The third kappa shape index (κ3) is 8.61. The summed E-state index contributed by atoms with van der Waals surface area (Å²) in [5.74, 6) is 0.882. The van der Waals surface area contributed by atoms with E-state index in [4.69, 9.17) is 9.72 Å². The number of hydrogen-bond donors (Lipinski definition) is 3. The minimum absolute atomic E-state index is 0.0664. The number of nitrogens with one attached hydrogen (secondary N) is 2. The average Bonchev–Trinajstić information content (AvgIpc) is 2.97. The lowest BCUT2D eigenvalue weighted by Crippen LogP contribution is -2.37. The molecule has 40 heavy (non-hydrogen) atoms. The molecule has 0 saturated carbocycles. The van der Waals surface area contributed by atoms with Gasteiger partial charge in [0.25, 0.3) is 0 Å². The van der Waals surface area contributed by atoms with Gasteiger partial charge in [-0.3, -0.25) is 9.88 Å². The van der Waals surface area contributed by atoms with Crippen molar-refractivity contribution in [2.24, 2.45) is 0 Å². The van der Waals surface area contributed by atoms with Gasteiger partial charge in [-0.1, -0.05) is 6.07 Å². The van der Waals surface area contributed by atoms with Crippen molar-refractivity contribution in [1.29, 1.82) is 5.26 Å². The molecule has 11 nitrogen and oxygen atoms in total. The van der Waals surface area contributed by atoms with Crippen molar-refractivity contribution in [2.75, 3.05) is 43.4 Å². The van der Waals surface area contributed by atoms with E-state index in [-0.39, 0.29) is 11.5 Å². The normalized spacial score (nSPS) is 13.1. The van der Waals surface area contributed by atoms with Gasteiger partial charge in [-0.05, 0) is 75.8 Å². The molecule has 0 fully saturated rings. The lowest BCUT2D eigenvalue weighted by Gasteiger charge is -2.24. The second-order valence-electron chi connectivity index (χ2n) is 9.81. The minimum atomic E-state index is -1.01. The Labute approximate surface area is 234 Å². The Bertz CT molecular complexity index is 1300. The number of ether oxygens (including phenoxy) is 1. The van der Waals surface area contributed by atoms with Crippen molar-refractivity contribution in [1.82, 2.24) is 24.8 Å². The van der Waals surface area contributed by atoms with Crippen LogP contribution in [0, 0.1) is 18.3 Å². The molecule has 0 aliphatic carbocycles. The van der Waals surface area contributed by atoms with Crippen LogP contribution in [0.15, 0.2) is 42.9 Å². The molecule has 0 bridgehead atoms. The number of carboxylic acids is 1. The Morgan fingerprint density at radius 2 is 2.05 bits per heavy atom. The van der Waals surface area contributed by atoms with Crippen LogP contribution in [0.1, 0.15) is 48.3 Å². The molecule has 1 atom stereocenters. The van der Waals surface area contributed by atoms with Crippen LogP contribution in [0.3, 0.4) is 0 Å². The first-order chi connectivity index (χ1) is 19.5. The number of pyridine rings is 2. The lowest BCUT2D eigenvalue weighted by atomic mass is 10.1. The number of aromatic nitrogens is 4. The van der Waals surface area contributed by atoms with Gasteiger partial charge in [0.05, 0.1) is 6.20 Å². The van der Waals surface area contributed by atoms with E-state index in [0.717, 1.165) is 62.4 Å². The van der Waals surface area contributed by atoms with Crippen LogP contribution in [0.4, 0.5) is 11.6 Å². The molecular formula is C29H36N8O3. The topological polar surface area (TPSA) is 149 Å². The van der Waals surface area contributed by atoms with Gasteiger partial charge < -0.3 is 20.5 Å². The number of unbranched alkanes of at least 4 members (excludes halogenated alkanes) is 1. The molecule has 1 aliphatic heterocycles. The van der Waals surface area contributed by atoms with E-state index >= 15 is 0 Å². The first-order valence-corrected chi connectivity index (χ1v) is 13.7. The first-order valence-electron chi connectivity index (χ1n) is 13.7. The number of anilines is 2. The lowest BCUT2D eigenvalue weighted by molar-refractivity contribution is -0.138. The summed E-state index contributed by atoms with van der Waals surface area (Å²) in [5.41, 5.74) is 3.36. The van der Waals surface area contributed by atoms with Crippen LogP contribution in [-0.4, -0.2) is 74.7 Å². The van der Waals surface area contributed by atoms with E-state index in [1.807, 2.05) is 25.1 Å². The summed E-state index contributed by atoms with van der Waals surface area (Å²) in [6.07, 6.45) is 9.87. The molecule has 11 heteroatoms. The van der Waals surface area contributed by atoms with Gasteiger partial charge in [-0.25, -0.2) is 19.7 Å². The van der Waals surface area contributed by atoms with Crippen molar-refractivity contribution >= 4 is 17.6 Å². The van der Waals surface area contributed by atoms with Gasteiger partial charge in [0, 0.05) is 43.4 Å². The summed E-state index contributed by atoms with van der Waals surface area (Å²) < 4.78 is 5.89. The number of hydrogen-bond acceptors (Lipinski definition) is 10. The molecule has 0 radical (unpaired) electrons. The van der Waals surface area contributed by atoms with Gasteiger partial charge >= 0.3 is 5.97 Å². The van der Waals surface area contributed by atoms with Crippen LogP contribution in [-0.2, 0) is 17.6 Å². The number of carbonyl (C=O) groups is 1. The number of aryl methyl sites for hydroxylation is 3. The smallest absolute Gasteiger partial charge is 0.326 e. The molecule has 4 heterocycles. The maximum atomic E-state index is 12.0. The molecule has 1 aliphatic rings. The van der Waals surface area contributed by atoms with Gasteiger partial charge in [0.15, 0.2) is 11.5 Å². The largest absolute Gasteiger partial charge is 0.491 e. The van der Waals surface area contributed by atoms with Crippen LogP contribution in [0.25, 0.3) is 0 Å². The van der Waals surface area contributed by atoms with Gasteiger partial charge in [-0.15, -0.1) is 0 Å². The van der Waals surface area contributed by atoms with Crippen LogP contribution in [0.5, 0.6) is 5.75 Å². The van der Waals surface area contributed by atoms with Crippen LogP contribution >= 0.6 is 0 Å². The fraction of sp³-hybridized carbons (Fsp3) is 0.448. The van der Waals surface area contributed by atoms with Crippen molar-refractivity contribution in [3.63, 3.8) is 0 Å². The third-order valence-electron chi connectivity index (χ3n) is 6.82. The molecule has 3 N–H and O–H groups in total. The highest BCUT2D eigenvalue weighted by Crippen LogP contribution is 2.20. The average molecular weight is 545 g/mol. The quantitative estimate of drug-likeness (QED) is 0.241. The highest BCUT2D eigenvalue weighted by molar-refractivity contribution is 5.77. The van der Waals surface area contributed by atoms with E-state index in [0.29, 0.717) is 31.9 Å². The predicted octanol–water partition coefficient (Wildman–Crippen LogP) is 3.46. The molecule has 4 rings (SSSR count). The molecule has 1 unspecified atom stereocenters. The van der Waals surface area contributed by atoms with Crippen molar-refractivity contribution in [3.05, 3.63) is 65.5 Å². The Morgan fingerprint density at radius 3 is 2.85 bits per heavy atom. The Hall–Kier alpha value is -4.30. The molecule has 0 saturated heterocycles. The fourth-order valence-electron chi connectivity index (χ4n) is 4.58. The predicted molar refractivity (Wildman–Crippen MR) is 151 cm³/mol. The summed E-state index contributed by atoms with van der Waals surface area (Å²) >= 11 is 0. The number of aliphatic carboxylic acids is 1. The maximum Gasteiger partial charge on any atom is 0.326 e. The number of carboxylic acid groups (broad SMARTS) is 1. The number of nitrogens with zero attached hydrogens (tertiary/aromatic N) is 6. The number of rotatable bonds is 15. The van der Waals surface area contributed by atoms with Gasteiger partial charge in [0.2, 0.25) is 0 Å². The third-order valence-corrected chi connectivity index (χ3v) is 6.82. The van der Waals surface area contributed by atoms with Crippen molar-refractivity contribution in [2.45, 2.75) is 51.5 Å². The summed E-state index contributed by atoms with van der Waals surface area (Å²) in [6.45, 7) is 5.31. The fourth-order valence-corrected chi connectivity index (χ4v) is 4.58. The monoisotopic (exact) mass is 544 g/mol. The van der Waals surface area contributed by atoms with Crippen molar-refractivity contribution < 1.29 is 14.6 Å². The molecule has 0 aromatic carbocycles. The van der Waals surface area contributed by atoms with Gasteiger partial charge in [0.1, 0.15) is 30.3 Å².